The molecule has 1 atom stereocenters. The third-order valence-electron chi connectivity index (χ3n) is 4.04. The molecule has 0 radical (unpaired) electrons. The molecule has 1 nitrogen and oxygen atoms in total. The van der Waals surface area contributed by atoms with Crippen molar-refractivity contribution in [2.75, 3.05) is 7.11 Å². The first-order valence-electron chi connectivity index (χ1n) is 7.18. The molecule has 0 heterocycles. The molecule has 0 aliphatic heterocycles. The molecule has 0 bridgehead atoms. The van der Waals surface area contributed by atoms with Crippen molar-refractivity contribution in [1.29, 1.82) is 0 Å². The molecule has 0 aromatic heterocycles. The molecule has 19 heavy (non-hydrogen) atoms. The third kappa shape index (κ3) is 4.29. The van der Waals surface area contributed by atoms with Gasteiger partial charge in [0.05, 0.1) is 12.5 Å². The predicted octanol–water partition coefficient (Wildman–Crippen LogP) is 5.99. The van der Waals surface area contributed by atoms with Crippen LogP contribution in [0.5, 0.6) is 5.75 Å². The molecule has 1 aromatic carbocycles. The van der Waals surface area contributed by atoms with E-state index in [1.54, 1.807) is 7.11 Å². The van der Waals surface area contributed by atoms with E-state index < -0.39 is 0 Å². The number of ether oxygens (including phenoxy) is 1. The zero-order chi connectivity index (χ0) is 13.7. The molecule has 2 rings (SSSR count). The van der Waals surface area contributed by atoms with E-state index >= 15 is 0 Å². The van der Waals surface area contributed by atoms with Crippen LogP contribution in [0.25, 0.3) is 0 Å². The second-order valence-electron chi connectivity index (χ2n) is 5.45. The van der Waals surface area contributed by atoms with Crippen LogP contribution in [0.4, 0.5) is 0 Å². The van der Waals surface area contributed by atoms with E-state index in [4.69, 9.17) is 27.9 Å². The first-order valence-corrected chi connectivity index (χ1v) is 7.99. The molecule has 3 heteroatoms. The van der Waals surface area contributed by atoms with Crippen LogP contribution in [0.3, 0.4) is 0 Å². The van der Waals surface area contributed by atoms with E-state index in [1.807, 2.05) is 18.2 Å². The van der Waals surface area contributed by atoms with Gasteiger partial charge >= 0.3 is 0 Å². The van der Waals surface area contributed by atoms with Gasteiger partial charge in [-0.05, 0) is 30.5 Å². The van der Waals surface area contributed by atoms with Crippen LogP contribution < -0.4 is 4.74 Å². The Kier molecular flexibility index (Phi) is 5.84. The number of methoxy groups -OCH3 is 1. The number of halogens is 2. The summed E-state index contributed by atoms with van der Waals surface area (Å²) in [5, 5.41) is 0.721. The Morgan fingerprint density at radius 2 is 1.89 bits per heavy atom. The second kappa shape index (κ2) is 7.40. The summed E-state index contributed by atoms with van der Waals surface area (Å²) in [6.07, 6.45) is 9.10. The topological polar surface area (TPSA) is 9.23 Å². The van der Waals surface area contributed by atoms with E-state index in [1.165, 1.54) is 38.5 Å². The molecule has 1 unspecified atom stereocenters. The summed E-state index contributed by atoms with van der Waals surface area (Å²) < 4.78 is 5.39. The average molecular weight is 301 g/mol. The van der Waals surface area contributed by atoms with E-state index in [0.717, 1.165) is 28.7 Å². The van der Waals surface area contributed by atoms with Gasteiger partial charge in [-0.1, -0.05) is 50.1 Å². The fourth-order valence-corrected chi connectivity index (χ4v) is 3.57. The Hall–Kier alpha value is -0.400. The van der Waals surface area contributed by atoms with Gasteiger partial charge in [0.1, 0.15) is 5.75 Å². The van der Waals surface area contributed by atoms with Crippen molar-refractivity contribution in [2.24, 2.45) is 5.92 Å². The van der Waals surface area contributed by atoms with Gasteiger partial charge in [-0.2, -0.15) is 0 Å². The minimum atomic E-state index is -0.00301. The van der Waals surface area contributed by atoms with Gasteiger partial charge in [0.25, 0.3) is 0 Å². The van der Waals surface area contributed by atoms with Gasteiger partial charge in [0.15, 0.2) is 0 Å². The lowest BCUT2D eigenvalue weighted by Crippen LogP contribution is -2.04. The summed E-state index contributed by atoms with van der Waals surface area (Å²) in [5.74, 6) is 1.59. The minimum Gasteiger partial charge on any atom is -0.496 e. The van der Waals surface area contributed by atoms with Crippen molar-refractivity contribution in [3.8, 4) is 5.75 Å². The van der Waals surface area contributed by atoms with E-state index in [0.29, 0.717) is 0 Å². The van der Waals surface area contributed by atoms with Crippen LogP contribution in [-0.4, -0.2) is 7.11 Å². The van der Waals surface area contributed by atoms with Gasteiger partial charge in [-0.25, -0.2) is 0 Å². The Labute approximate surface area is 126 Å². The molecule has 0 saturated heterocycles. The summed E-state index contributed by atoms with van der Waals surface area (Å²) >= 11 is 12.7. The quantitative estimate of drug-likeness (QED) is 0.490. The molecular formula is C16H22Cl2O. The van der Waals surface area contributed by atoms with Crippen LogP contribution in [0.2, 0.25) is 5.02 Å². The normalized spacial score (nSPS) is 18.9. The van der Waals surface area contributed by atoms with Gasteiger partial charge < -0.3 is 4.74 Å². The predicted molar refractivity (Wildman–Crippen MR) is 82.4 cm³/mol. The second-order valence-corrected chi connectivity index (χ2v) is 6.41. The van der Waals surface area contributed by atoms with E-state index in [2.05, 4.69) is 0 Å². The minimum absolute atomic E-state index is 0.00301. The lowest BCUT2D eigenvalue weighted by Gasteiger charge is -2.20. The number of hydrogen-bond acceptors (Lipinski definition) is 1. The van der Waals surface area contributed by atoms with Gasteiger partial charge in [-0.15, -0.1) is 11.6 Å². The van der Waals surface area contributed by atoms with Crippen molar-refractivity contribution in [3.05, 3.63) is 28.8 Å². The summed E-state index contributed by atoms with van der Waals surface area (Å²) in [7, 11) is 1.68. The molecule has 0 N–H and O–H groups in total. The maximum Gasteiger partial charge on any atom is 0.123 e. The van der Waals surface area contributed by atoms with Gasteiger partial charge in [0.2, 0.25) is 0 Å². The van der Waals surface area contributed by atoms with Gasteiger partial charge in [-0.3, -0.25) is 0 Å². The molecule has 1 fully saturated rings. The summed E-state index contributed by atoms with van der Waals surface area (Å²) in [6.45, 7) is 0. The number of rotatable bonds is 4. The van der Waals surface area contributed by atoms with Crippen molar-refractivity contribution in [1.82, 2.24) is 0 Å². The van der Waals surface area contributed by atoms with Crippen LogP contribution in [0.1, 0.15) is 55.9 Å². The third-order valence-corrected chi connectivity index (χ3v) is 4.69. The largest absolute Gasteiger partial charge is 0.496 e. The molecule has 1 aromatic rings. The highest BCUT2D eigenvalue weighted by molar-refractivity contribution is 6.31. The Morgan fingerprint density at radius 1 is 1.21 bits per heavy atom. The summed E-state index contributed by atoms with van der Waals surface area (Å²) in [5.41, 5.74) is 1.03. The molecule has 1 saturated carbocycles. The highest BCUT2D eigenvalue weighted by Crippen LogP contribution is 2.39. The lowest BCUT2D eigenvalue weighted by atomic mass is 9.92. The lowest BCUT2D eigenvalue weighted by molar-refractivity contribution is 0.395. The van der Waals surface area contributed by atoms with Crippen LogP contribution in [0, 0.1) is 5.92 Å². The zero-order valence-electron chi connectivity index (χ0n) is 11.5. The van der Waals surface area contributed by atoms with E-state index in [9.17, 15) is 0 Å². The number of alkyl halides is 1. The molecule has 0 amide bonds. The average Bonchev–Trinajstić information content (AvgIpc) is 2.67. The molecule has 1 aliphatic rings. The number of benzene rings is 1. The Morgan fingerprint density at radius 3 is 2.53 bits per heavy atom. The SMILES string of the molecule is COc1ccc(Cl)cc1C(Cl)CC1CCCCCC1. The van der Waals surface area contributed by atoms with E-state index in [-0.39, 0.29) is 5.38 Å². The fraction of sp³-hybridized carbons (Fsp3) is 0.625. The van der Waals surface area contributed by atoms with Crippen LogP contribution >= 0.6 is 23.2 Å². The monoisotopic (exact) mass is 300 g/mol. The maximum atomic E-state index is 6.61. The zero-order valence-corrected chi connectivity index (χ0v) is 13.0. The van der Waals surface area contributed by atoms with Crippen molar-refractivity contribution >= 4 is 23.2 Å². The molecular weight excluding hydrogens is 279 g/mol. The molecule has 0 spiro atoms. The van der Waals surface area contributed by atoms with Crippen molar-refractivity contribution in [2.45, 2.75) is 50.3 Å². The molecule has 1 aliphatic carbocycles. The van der Waals surface area contributed by atoms with Crippen molar-refractivity contribution in [3.63, 3.8) is 0 Å². The van der Waals surface area contributed by atoms with Crippen LogP contribution in [0.15, 0.2) is 18.2 Å². The number of hydrogen-bond donors (Lipinski definition) is 0. The Balaban J connectivity index is 2.05. The first-order chi connectivity index (χ1) is 9.20. The standard InChI is InChI=1S/C16H22Cl2O/c1-19-16-9-8-13(17)11-14(16)15(18)10-12-6-4-2-3-5-7-12/h8-9,11-12,15H,2-7,10H2,1H3. The Bertz CT molecular complexity index is 398. The summed E-state index contributed by atoms with van der Waals surface area (Å²) in [6, 6.07) is 5.69. The molecule has 106 valence electrons. The van der Waals surface area contributed by atoms with Crippen molar-refractivity contribution < 1.29 is 4.74 Å². The smallest absolute Gasteiger partial charge is 0.123 e. The van der Waals surface area contributed by atoms with Gasteiger partial charge in [0, 0.05) is 10.6 Å². The maximum absolute atomic E-state index is 6.61. The van der Waals surface area contributed by atoms with Crippen LogP contribution in [-0.2, 0) is 0 Å². The highest BCUT2D eigenvalue weighted by Gasteiger charge is 2.20. The first kappa shape index (κ1) is 15.0. The highest BCUT2D eigenvalue weighted by atomic mass is 35.5. The fourth-order valence-electron chi connectivity index (χ4n) is 2.97. The summed E-state index contributed by atoms with van der Waals surface area (Å²) in [4.78, 5) is 0.